The zero-order valence-electron chi connectivity index (χ0n) is 10.7. The van der Waals surface area contributed by atoms with Crippen molar-refractivity contribution < 1.29 is 15.0 Å². The molecule has 1 aromatic rings. The highest BCUT2D eigenvalue weighted by Crippen LogP contribution is 2.10. The van der Waals surface area contributed by atoms with E-state index in [1.165, 1.54) is 0 Å². The summed E-state index contributed by atoms with van der Waals surface area (Å²) >= 11 is 0. The van der Waals surface area contributed by atoms with E-state index in [2.05, 4.69) is 0 Å². The molecule has 1 unspecified atom stereocenters. The van der Waals surface area contributed by atoms with Gasteiger partial charge in [-0.15, -0.1) is 0 Å². The minimum Gasteiger partial charge on any atom is -0.395 e. The van der Waals surface area contributed by atoms with Gasteiger partial charge in [0.05, 0.1) is 13.2 Å². The van der Waals surface area contributed by atoms with Gasteiger partial charge in [-0.1, -0.05) is 37.3 Å². The number of Topliss-reactive ketones (excluding diaryl/α,β-unsaturated/α-hetero) is 1. The number of ketones is 1. The number of carbonyl (C=O) groups excluding carboxylic acids is 1. The highest BCUT2D eigenvalue weighted by Gasteiger charge is 2.17. The van der Waals surface area contributed by atoms with Gasteiger partial charge in [0.2, 0.25) is 0 Å². The lowest BCUT2D eigenvalue weighted by molar-refractivity contribution is 0.0864. The van der Waals surface area contributed by atoms with Crippen molar-refractivity contribution in [2.75, 3.05) is 32.8 Å². The Morgan fingerprint density at radius 1 is 1.17 bits per heavy atom. The molecule has 0 aliphatic rings. The minimum absolute atomic E-state index is 0.0340. The average molecular weight is 251 g/mol. The van der Waals surface area contributed by atoms with Crippen molar-refractivity contribution in [1.82, 2.24) is 4.90 Å². The summed E-state index contributed by atoms with van der Waals surface area (Å²) in [4.78, 5) is 14.0. The van der Waals surface area contributed by atoms with E-state index in [9.17, 15) is 4.79 Å². The van der Waals surface area contributed by atoms with Gasteiger partial charge < -0.3 is 10.2 Å². The monoisotopic (exact) mass is 251 g/mol. The molecule has 1 rings (SSSR count). The number of nitrogens with zero attached hydrogens (tertiary/aromatic N) is 1. The maximum absolute atomic E-state index is 12.1. The first-order valence-corrected chi connectivity index (χ1v) is 6.22. The van der Waals surface area contributed by atoms with Gasteiger partial charge in [-0.05, 0) is 0 Å². The van der Waals surface area contributed by atoms with Crippen molar-refractivity contribution >= 4 is 5.78 Å². The number of hydrogen-bond donors (Lipinski definition) is 2. The quantitative estimate of drug-likeness (QED) is 0.671. The summed E-state index contributed by atoms with van der Waals surface area (Å²) in [5, 5.41) is 17.8. The Balaban J connectivity index is 2.58. The largest absolute Gasteiger partial charge is 0.395 e. The molecule has 0 amide bonds. The van der Waals surface area contributed by atoms with Crippen molar-refractivity contribution in [3.8, 4) is 0 Å². The average Bonchev–Trinajstić information content (AvgIpc) is 2.39. The van der Waals surface area contributed by atoms with E-state index < -0.39 is 0 Å². The smallest absolute Gasteiger partial charge is 0.166 e. The molecule has 0 heterocycles. The predicted molar refractivity (Wildman–Crippen MR) is 70.5 cm³/mol. The van der Waals surface area contributed by atoms with Gasteiger partial charge in [-0.3, -0.25) is 9.69 Å². The second kappa shape index (κ2) is 7.97. The van der Waals surface area contributed by atoms with Crippen molar-refractivity contribution in [3.05, 3.63) is 35.9 Å². The van der Waals surface area contributed by atoms with Crippen LogP contribution in [-0.2, 0) is 0 Å². The summed E-state index contributed by atoms with van der Waals surface area (Å²) in [6.45, 7) is 3.45. The summed E-state index contributed by atoms with van der Waals surface area (Å²) in [7, 11) is 0. The lowest BCUT2D eigenvalue weighted by Crippen LogP contribution is -2.36. The fourth-order valence-electron chi connectivity index (χ4n) is 1.93. The van der Waals surface area contributed by atoms with Crippen LogP contribution in [0.15, 0.2) is 30.3 Å². The Morgan fingerprint density at radius 3 is 2.22 bits per heavy atom. The third-order valence-electron chi connectivity index (χ3n) is 2.87. The molecule has 0 aliphatic carbocycles. The van der Waals surface area contributed by atoms with Crippen molar-refractivity contribution in [3.63, 3.8) is 0 Å². The zero-order chi connectivity index (χ0) is 13.4. The number of hydrogen-bond acceptors (Lipinski definition) is 4. The van der Waals surface area contributed by atoms with Crippen LogP contribution in [0.4, 0.5) is 0 Å². The molecule has 0 bridgehead atoms. The number of carbonyl (C=O) groups is 1. The van der Waals surface area contributed by atoms with Crippen molar-refractivity contribution in [2.24, 2.45) is 5.92 Å². The number of rotatable bonds is 8. The van der Waals surface area contributed by atoms with Gasteiger partial charge in [-0.2, -0.15) is 0 Å². The van der Waals surface area contributed by atoms with Crippen LogP contribution in [0.25, 0.3) is 0 Å². The Labute approximate surface area is 108 Å². The van der Waals surface area contributed by atoms with Crippen LogP contribution in [0.2, 0.25) is 0 Å². The first-order valence-electron chi connectivity index (χ1n) is 6.22. The normalized spacial score (nSPS) is 12.7. The van der Waals surface area contributed by atoms with Crippen LogP contribution in [-0.4, -0.2) is 53.7 Å². The molecule has 0 aromatic heterocycles. The van der Waals surface area contributed by atoms with Crippen molar-refractivity contribution in [1.29, 1.82) is 0 Å². The molecule has 0 aliphatic heterocycles. The van der Waals surface area contributed by atoms with E-state index in [1.807, 2.05) is 30.0 Å². The SMILES string of the molecule is CC(CN(CCO)CCO)C(=O)c1ccccc1. The number of aliphatic hydroxyl groups excluding tert-OH is 2. The summed E-state index contributed by atoms with van der Waals surface area (Å²) in [5.74, 6) is -0.0537. The Hall–Kier alpha value is -1.23. The third-order valence-corrected chi connectivity index (χ3v) is 2.87. The van der Waals surface area contributed by atoms with Gasteiger partial charge in [0.1, 0.15) is 0 Å². The molecule has 2 N–H and O–H groups in total. The number of aliphatic hydroxyl groups is 2. The zero-order valence-corrected chi connectivity index (χ0v) is 10.7. The highest BCUT2D eigenvalue weighted by molar-refractivity contribution is 5.97. The van der Waals surface area contributed by atoms with Crippen LogP contribution in [0.5, 0.6) is 0 Å². The van der Waals surface area contributed by atoms with E-state index in [0.717, 1.165) is 0 Å². The Kier molecular flexibility index (Phi) is 6.57. The molecule has 0 spiro atoms. The molecule has 4 nitrogen and oxygen atoms in total. The molecular formula is C14H21NO3. The maximum Gasteiger partial charge on any atom is 0.166 e. The third kappa shape index (κ3) is 4.56. The van der Waals surface area contributed by atoms with E-state index >= 15 is 0 Å². The summed E-state index contributed by atoms with van der Waals surface area (Å²) < 4.78 is 0. The minimum atomic E-state index is -0.148. The fourth-order valence-corrected chi connectivity index (χ4v) is 1.93. The molecule has 18 heavy (non-hydrogen) atoms. The van der Waals surface area contributed by atoms with Gasteiger partial charge in [-0.25, -0.2) is 0 Å². The van der Waals surface area contributed by atoms with Gasteiger partial charge in [0, 0.05) is 31.1 Å². The van der Waals surface area contributed by atoms with Crippen LogP contribution in [0.1, 0.15) is 17.3 Å². The van der Waals surface area contributed by atoms with E-state index in [-0.39, 0.29) is 24.9 Å². The fraction of sp³-hybridized carbons (Fsp3) is 0.500. The van der Waals surface area contributed by atoms with Gasteiger partial charge in [0.25, 0.3) is 0 Å². The first kappa shape index (κ1) is 14.8. The molecule has 0 saturated carbocycles. The lowest BCUT2D eigenvalue weighted by atomic mass is 9.99. The molecule has 1 atom stereocenters. The van der Waals surface area contributed by atoms with Crippen LogP contribution < -0.4 is 0 Å². The standard InChI is InChI=1S/C14H21NO3/c1-12(11-15(7-9-16)8-10-17)14(18)13-5-3-2-4-6-13/h2-6,12,16-17H,7-11H2,1H3. The van der Waals surface area contributed by atoms with Gasteiger partial charge >= 0.3 is 0 Å². The predicted octanol–water partition coefficient (Wildman–Crippen LogP) is 0.792. The topological polar surface area (TPSA) is 60.8 Å². The summed E-state index contributed by atoms with van der Waals surface area (Å²) in [6, 6.07) is 9.19. The molecule has 4 heteroatoms. The highest BCUT2D eigenvalue weighted by atomic mass is 16.3. The Morgan fingerprint density at radius 2 is 1.72 bits per heavy atom. The van der Waals surface area contributed by atoms with E-state index in [4.69, 9.17) is 10.2 Å². The van der Waals surface area contributed by atoms with Crippen molar-refractivity contribution in [2.45, 2.75) is 6.92 Å². The van der Waals surface area contributed by atoms with Gasteiger partial charge in [0.15, 0.2) is 5.78 Å². The lowest BCUT2D eigenvalue weighted by Gasteiger charge is -2.23. The van der Waals surface area contributed by atoms with E-state index in [0.29, 0.717) is 25.2 Å². The molecule has 0 saturated heterocycles. The van der Waals surface area contributed by atoms with Crippen LogP contribution in [0, 0.1) is 5.92 Å². The van der Waals surface area contributed by atoms with E-state index in [1.54, 1.807) is 12.1 Å². The second-order valence-corrected chi connectivity index (χ2v) is 4.38. The molecule has 0 fully saturated rings. The summed E-state index contributed by atoms with van der Waals surface area (Å²) in [6.07, 6.45) is 0. The molecule has 1 aromatic carbocycles. The molecule has 100 valence electrons. The maximum atomic E-state index is 12.1. The van der Waals surface area contributed by atoms with Crippen LogP contribution in [0.3, 0.4) is 0 Å². The second-order valence-electron chi connectivity index (χ2n) is 4.38. The number of benzene rings is 1. The molecule has 0 radical (unpaired) electrons. The van der Waals surface area contributed by atoms with Crippen LogP contribution >= 0.6 is 0 Å². The first-order chi connectivity index (χ1) is 8.69. The Bertz CT molecular complexity index is 347. The molecular weight excluding hydrogens is 230 g/mol. The summed E-state index contributed by atoms with van der Waals surface area (Å²) in [5.41, 5.74) is 0.706.